The van der Waals surface area contributed by atoms with E-state index in [1.807, 2.05) is 44.2 Å². The number of anilines is 3. The summed E-state index contributed by atoms with van der Waals surface area (Å²) in [5, 5.41) is 6.63. The summed E-state index contributed by atoms with van der Waals surface area (Å²) in [7, 11) is 0. The van der Waals surface area contributed by atoms with Gasteiger partial charge in [-0.25, -0.2) is 4.98 Å². The molecule has 0 amide bonds. The van der Waals surface area contributed by atoms with Gasteiger partial charge in [0.25, 0.3) is 0 Å². The summed E-state index contributed by atoms with van der Waals surface area (Å²) in [5.74, 6) is 2.12. The van der Waals surface area contributed by atoms with Crippen LogP contribution in [-0.4, -0.2) is 16.6 Å². The number of benzene rings is 2. The van der Waals surface area contributed by atoms with E-state index in [0.29, 0.717) is 19.1 Å². The molecular formula is C21H24N4O. The molecule has 0 fully saturated rings. The fourth-order valence-corrected chi connectivity index (χ4v) is 2.70. The zero-order valence-electron chi connectivity index (χ0n) is 15.4. The summed E-state index contributed by atoms with van der Waals surface area (Å²) in [6.07, 6.45) is 0. The highest BCUT2D eigenvalue weighted by Crippen LogP contribution is 2.26. The number of hydrogen-bond donors (Lipinski definition) is 2. The molecule has 0 saturated heterocycles. The summed E-state index contributed by atoms with van der Waals surface area (Å²) in [4.78, 5) is 9.06. The Morgan fingerprint density at radius 2 is 1.81 bits per heavy atom. The van der Waals surface area contributed by atoms with E-state index in [1.165, 1.54) is 11.1 Å². The Labute approximate surface area is 154 Å². The van der Waals surface area contributed by atoms with E-state index in [1.54, 1.807) is 0 Å². The normalized spacial score (nSPS) is 10.4. The van der Waals surface area contributed by atoms with Crippen molar-refractivity contribution in [1.29, 1.82) is 0 Å². The maximum Gasteiger partial charge on any atom is 0.229 e. The van der Waals surface area contributed by atoms with Gasteiger partial charge in [-0.05, 0) is 38.5 Å². The molecule has 0 aliphatic carbocycles. The summed E-state index contributed by atoms with van der Waals surface area (Å²) in [5.41, 5.74) is 4.21. The number of para-hydroxylation sites is 2. The fourth-order valence-electron chi connectivity index (χ4n) is 2.70. The minimum absolute atomic E-state index is 0.545. The van der Waals surface area contributed by atoms with Crippen molar-refractivity contribution in [1.82, 2.24) is 9.97 Å². The van der Waals surface area contributed by atoms with Crippen LogP contribution in [0.5, 0.6) is 5.75 Å². The number of rotatable bonds is 7. The number of hydrogen-bond acceptors (Lipinski definition) is 5. The van der Waals surface area contributed by atoms with Crippen LogP contribution in [0.2, 0.25) is 0 Å². The molecule has 26 heavy (non-hydrogen) atoms. The van der Waals surface area contributed by atoms with Crippen molar-refractivity contribution in [3.05, 3.63) is 71.4 Å². The predicted octanol–water partition coefficient (Wildman–Crippen LogP) is 4.85. The molecule has 0 aliphatic rings. The van der Waals surface area contributed by atoms with Crippen molar-refractivity contribution >= 4 is 17.5 Å². The van der Waals surface area contributed by atoms with Gasteiger partial charge in [-0.2, -0.15) is 4.98 Å². The van der Waals surface area contributed by atoms with E-state index in [4.69, 9.17) is 4.74 Å². The zero-order valence-corrected chi connectivity index (χ0v) is 15.4. The van der Waals surface area contributed by atoms with Crippen LogP contribution in [0.4, 0.5) is 17.5 Å². The topological polar surface area (TPSA) is 59.1 Å². The molecule has 2 aromatic carbocycles. The Morgan fingerprint density at radius 3 is 2.62 bits per heavy atom. The highest BCUT2D eigenvalue weighted by Gasteiger charge is 2.07. The van der Waals surface area contributed by atoms with E-state index in [-0.39, 0.29) is 0 Å². The van der Waals surface area contributed by atoms with Gasteiger partial charge in [0.2, 0.25) is 5.95 Å². The minimum atomic E-state index is 0.545. The zero-order chi connectivity index (χ0) is 18.4. The van der Waals surface area contributed by atoms with Gasteiger partial charge in [0, 0.05) is 18.3 Å². The van der Waals surface area contributed by atoms with Gasteiger partial charge in [-0.3, -0.25) is 0 Å². The third kappa shape index (κ3) is 4.72. The van der Waals surface area contributed by atoms with Gasteiger partial charge in [-0.1, -0.05) is 42.0 Å². The highest BCUT2D eigenvalue weighted by molar-refractivity contribution is 5.63. The van der Waals surface area contributed by atoms with Crippen LogP contribution in [0, 0.1) is 13.8 Å². The molecule has 5 heteroatoms. The number of ether oxygens (including phenoxy) is 1. The quantitative estimate of drug-likeness (QED) is 0.639. The van der Waals surface area contributed by atoms with Crippen LogP contribution in [0.25, 0.3) is 0 Å². The molecule has 1 heterocycles. The van der Waals surface area contributed by atoms with Crippen LogP contribution < -0.4 is 15.4 Å². The van der Waals surface area contributed by atoms with Gasteiger partial charge in [0.1, 0.15) is 11.6 Å². The Kier molecular flexibility index (Phi) is 5.69. The first kappa shape index (κ1) is 17.7. The van der Waals surface area contributed by atoms with Crippen LogP contribution in [0.1, 0.15) is 23.7 Å². The smallest absolute Gasteiger partial charge is 0.229 e. The molecule has 3 rings (SSSR count). The van der Waals surface area contributed by atoms with Crippen molar-refractivity contribution in [2.45, 2.75) is 27.3 Å². The molecule has 0 atom stereocenters. The Balaban J connectivity index is 1.75. The lowest BCUT2D eigenvalue weighted by molar-refractivity contribution is 0.342. The fraction of sp³-hybridized carbons (Fsp3) is 0.238. The molecule has 2 N–H and O–H groups in total. The molecule has 0 saturated carbocycles. The first-order chi connectivity index (χ1) is 12.6. The number of aryl methyl sites for hydroxylation is 2. The molecule has 5 nitrogen and oxygen atoms in total. The Bertz CT molecular complexity index is 879. The monoisotopic (exact) mass is 348 g/mol. The van der Waals surface area contributed by atoms with Gasteiger partial charge in [0.15, 0.2) is 0 Å². The number of aromatic nitrogens is 2. The van der Waals surface area contributed by atoms with E-state index in [9.17, 15) is 0 Å². The maximum absolute atomic E-state index is 5.65. The number of nitrogens with one attached hydrogen (secondary N) is 2. The van der Waals surface area contributed by atoms with E-state index >= 15 is 0 Å². The van der Waals surface area contributed by atoms with Crippen LogP contribution in [-0.2, 0) is 6.54 Å². The standard InChI is InChI=1S/C21H24N4O/c1-4-26-19-11-6-5-10-18(19)24-21-23-16(3)13-20(25-21)22-14-17-9-7-8-15(2)12-17/h5-13H,4,14H2,1-3H3,(H2,22,23,24,25). The molecule has 0 spiro atoms. The lowest BCUT2D eigenvalue weighted by atomic mass is 10.1. The summed E-state index contributed by atoms with van der Waals surface area (Å²) < 4.78 is 5.65. The van der Waals surface area contributed by atoms with Crippen molar-refractivity contribution in [2.24, 2.45) is 0 Å². The average molecular weight is 348 g/mol. The molecule has 134 valence electrons. The molecule has 0 radical (unpaired) electrons. The second-order valence-corrected chi connectivity index (χ2v) is 6.11. The largest absolute Gasteiger partial charge is 0.492 e. The number of nitrogens with zero attached hydrogens (tertiary/aromatic N) is 2. The third-order valence-electron chi connectivity index (χ3n) is 3.84. The summed E-state index contributed by atoms with van der Waals surface area (Å²) in [6.45, 7) is 7.34. The highest BCUT2D eigenvalue weighted by atomic mass is 16.5. The van der Waals surface area contributed by atoms with Gasteiger partial charge in [0.05, 0.1) is 12.3 Å². The third-order valence-corrected chi connectivity index (χ3v) is 3.84. The van der Waals surface area contributed by atoms with Gasteiger partial charge in [-0.15, -0.1) is 0 Å². The lowest BCUT2D eigenvalue weighted by Gasteiger charge is -2.13. The maximum atomic E-state index is 5.65. The van der Waals surface area contributed by atoms with Crippen LogP contribution in [0.15, 0.2) is 54.6 Å². The van der Waals surface area contributed by atoms with Crippen LogP contribution in [0.3, 0.4) is 0 Å². The lowest BCUT2D eigenvalue weighted by Crippen LogP contribution is -2.06. The van der Waals surface area contributed by atoms with Crippen molar-refractivity contribution in [3.8, 4) is 5.75 Å². The SMILES string of the molecule is CCOc1ccccc1Nc1nc(C)cc(NCc2cccc(C)c2)n1. The second-order valence-electron chi connectivity index (χ2n) is 6.11. The van der Waals surface area contributed by atoms with Gasteiger partial charge >= 0.3 is 0 Å². The van der Waals surface area contributed by atoms with Crippen LogP contribution >= 0.6 is 0 Å². The first-order valence-electron chi connectivity index (χ1n) is 8.78. The molecule has 0 aliphatic heterocycles. The average Bonchev–Trinajstić information content (AvgIpc) is 2.62. The molecule has 1 aromatic heterocycles. The van der Waals surface area contributed by atoms with Gasteiger partial charge < -0.3 is 15.4 Å². The van der Waals surface area contributed by atoms with E-state index in [0.717, 1.165) is 22.9 Å². The van der Waals surface area contributed by atoms with Crippen molar-refractivity contribution in [2.75, 3.05) is 17.2 Å². The Hall–Kier alpha value is -3.08. The van der Waals surface area contributed by atoms with E-state index in [2.05, 4.69) is 51.8 Å². The van der Waals surface area contributed by atoms with E-state index < -0.39 is 0 Å². The second kappa shape index (κ2) is 8.34. The molecular weight excluding hydrogens is 324 g/mol. The molecule has 0 unspecified atom stereocenters. The minimum Gasteiger partial charge on any atom is -0.492 e. The Morgan fingerprint density at radius 1 is 0.962 bits per heavy atom. The summed E-state index contributed by atoms with van der Waals surface area (Å²) >= 11 is 0. The van der Waals surface area contributed by atoms with Crippen molar-refractivity contribution in [3.63, 3.8) is 0 Å². The summed E-state index contributed by atoms with van der Waals surface area (Å²) in [6, 6.07) is 18.2. The molecule has 0 bridgehead atoms. The van der Waals surface area contributed by atoms with Crippen molar-refractivity contribution < 1.29 is 4.74 Å². The predicted molar refractivity (Wildman–Crippen MR) is 106 cm³/mol. The molecule has 3 aromatic rings. The first-order valence-corrected chi connectivity index (χ1v) is 8.78.